The van der Waals surface area contributed by atoms with Crippen molar-refractivity contribution in [3.8, 4) is 11.5 Å². The molecule has 1 saturated heterocycles. The van der Waals surface area contributed by atoms with Crippen molar-refractivity contribution in [1.82, 2.24) is 4.90 Å². The van der Waals surface area contributed by atoms with Crippen LogP contribution in [0.5, 0.6) is 11.5 Å². The van der Waals surface area contributed by atoms with E-state index < -0.39 is 0 Å². The fourth-order valence-electron chi connectivity index (χ4n) is 2.57. The summed E-state index contributed by atoms with van der Waals surface area (Å²) in [6.45, 7) is 4.70. The highest BCUT2D eigenvalue weighted by molar-refractivity contribution is 5.43. The number of hydrogen-bond donors (Lipinski definition) is 1. The van der Waals surface area contributed by atoms with Crippen LogP contribution in [0, 0.1) is 0 Å². The van der Waals surface area contributed by atoms with Gasteiger partial charge in [-0.15, -0.1) is 0 Å². The van der Waals surface area contributed by atoms with Gasteiger partial charge in [-0.1, -0.05) is 12.5 Å². The highest BCUT2D eigenvalue weighted by atomic mass is 16.5. The van der Waals surface area contributed by atoms with E-state index in [0.29, 0.717) is 13.2 Å². The average molecular weight is 278 g/mol. The molecule has 4 heteroatoms. The minimum absolute atomic E-state index is 0.637. The van der Waals surface area contributed by atoms with Crippen molar-refractivity contribution in [1.29, 1.82) is 0 Å². The summed E-state index contributed by atoms with van der Waals surface area (Å²) < 4.78 is 11.1. The Bertz CT molecular complexity index is 403. The summed E-state index contributed by atoms with van der Waals surface area (Å²) >= 11 is 0. The molecule has 1 heterocycles. The molecule has 1 aromatic rings. The normalized spacial score (nSPS) is 16.1. The average Bonchev–Trinajstić information content (AvgIpc) is 2.50. The first-order valence-electron chi connectivity index (χ1n) is 7.55. The molecule has 1 aliphatic heterocycles. The maximum absolute atomic E-state index is 5.69. The molecule has 0 amide bonds. The van der Waals surface area contributed by atoms with Crippen molar-refractivity contribution in [3.63, 3.8) is 0 Å². The SMILES string of the molecule is COc1cc(CN2CCCCC2)ccc1OCCCN. The molecule has 1 fully saturated rings. The number of piperidine rings is 1. The Morgan fingerprint density at radius 2 is 1.95 bits per heavy atom. The quantitative estimate of drug-likeness (QED) is 0.778. The molecule has 0 spiro atoms. The molecule has 4 nitrogen and oxygen atoms in total. The monoisotopic (exact) mass is 278 g/mol. The predicted octanol–water partition coefficient (Wildman–Crippen LogP) is 2.41. The zero-order valence-electron chi connectivity index (χ0n) is 12.4. The molecule has 2 N–H and O–H groups in total. The zero-order valence-corrected chi connectivity index (χ0v) is 12.4. The fourth-order valence-corrected chi connectivity index (χ4v) is 2.57. The summed E-state index contributed by atoms with van der Waals surface area (Å²) in [5.74, 6) is 1.62. The lowest BCUT2D eigenvalue weighted by Gasteiger charge is -2.26. The number of ether oxygens (including phenoxy) is 2. The van der Waals surface area contributed by atoms with E-state index in [2.05, 4.69) is 17.0 Å². The minimum Gasteiger partial charge on any atom is -0.493 e. The van der Waals surface area contributed by atoms with E-state index in [9.17, 15) is 0 Å². The molecule has 1 aliphatic rings. The third-order valence-electron chi connectivity index (χ3n) is 3.69. The highest BCUT2D eigenvalue weighted by Gasteiger charge is 2.12. The molecular weight excluding hydrogens is 252 g/mol. The molecule has 0 atom stereocenters. The third kappa shape index (κ3) is 4.39. The van der Waals surface area contributed by atoms with Crippen LogP contribution in [0.4, 0.5) is 0 Å². The first-order valence-corrected chi connectivity index (χ1v) is 7.55. The number of hydrogen-bond acceptors (Lipinski definition) is 4. The van der Waals surface area contributed by atoms with E-state index in [1.54, 1.807) is 7.11 Å². The maximum atomic E-state index is 5.69. The van der Waals surface area contributed by atoms with Crippen LogP contribution in [0.15, 0.2) is 18.2 Å². The lowest BCUT2D eigenvalue weighted by atomic mass is 10.1. The number of likely N-dealkylation sites (tertiary alicyclic amines) is 1. The lowest BCUT2D eigenvalue weighted by Crippen LogP contribution is -2.29. The van der Waals surface area contributed by atoms with Crippen LogP contribution >= 0.6 is 0 Å². The van der Waals surface area contributed by atoms with E-state index in [-0.39, 0.29) is 0 Å². The van der Waals surface area contributed by atoms with Crippen molar-refractivity contribution in [3.05, 3.63) is 23.8 Å². The van der Waals surface area contributed by atoms with Crippen LogP contribution in [-0.4, -0.2) is 38.3 Å². The Kier molecular flexibility index (Phi) is 6.15. The second-order valence-electron chi connectivity index (χ2n) is 5.31. The van der Waals surface area contributed by atoms with E-state index in [1.165, 1.54) is 37.9 Å². The van der Waals surface area contributed by atoms with Crippen LogP contribution in [0.25, 0.3) is 0 Å². The van der Waals surface area contributed by atoms with Crippen LogP contribution in [-0.2, 0) is 6.54 Å². The number of methoxy groups -OCH3 is 1. The molecule has 0 aliphatic carbocycles. The van der Waals surface area contributed by atoms with E-state index in [0.717, 1.165) is 24.5 Å². The van der Waals surface area contributed by atoms with Crippen LogP contribution in [0.3, 0.4) is 0 Å². The lowest BCUT2D eigenvalue weighted by molar-refractivity contribution is 0.220. The van der Waals surface area contributed by atoms with Crippen LogP contribution in [0.2, 0.25) is 0 Å². The van der Waals surface area contributed by atoms with Crippen molar-refractivity contribution >= 4 is 0 Å². The first-order chi connectivity index (χ1) is 9.83. The van der Waals surface area contributed by atoms with Crippen molar-refractivity contribution < 1.29 is 9.47 Å². The van der Waals surface area contributed by atoms with Crippen LogP contribution in [0.1, 0.15) is 31.2 Å². The number of benzene rings is 1. The van der Waals surface area contributed by atoms with Gasteiger partial charge in [-0.25, -0.2) is 0 Å². The summed E-state index contributed by atoms with van der Waals surface area (Å²) in [7, 11) is 1.69. The molecule has 20 heavy (non-hydrogen) atoms. The molecule has 0 bridgehead atoms. The van der Waals surface area contributed by atoms with Gasteiger partial charge in [0.05, 0.1) is 13.7 Å². The van der Waals surface area contributed by atoms with Crippen LogP contribution < -0.4 is 15.2 Å². The Balaban J connectivity index is 1.96. The summed E-state index contributed by atoms with van der Waals surface area (Å²) in [5.41, 5.74) is 6.76. The second-order valence-corrected chi connectivity index (χ2v) is 5.31. The van der Waals surface area contributed by atoms with Gasteiger partial charge in [0.2, 0.25) is 0 Å². The molecule has 0 unspecified atom stereocenters. The zero-order chi connectivity index (χ0) is 14.2. The van der Waals surface area contributed by atoms with Gasteiger partial charge in [0, 0.05) is 6.54 Å². The number of nitrogens with two attached hydrogens (primary N) is 1. The predicted molar refractivity (Wildman–Crippen MR) is 81.3 cm³/mol. The van der Waals surface area contributed by atoms with Gasteiger partial charge >= 0.3 is 0 Å². The molecule has 112 valence electrons. The summed E-state index contributed by atoms with van der Waals surface area (Å²) in [6.07, 6.45) is 4.86. The van der Waals surface area contributed by atoms with E-state index in [4.69, 9.17) is 15.2 Å². The van der Waals surface area contributed by atoms with Gasteiger partial charge in [-0.2, -0.15) is 0 Å². The smallest absolute Gasteiger partial charge is 0.161 e. The number of rotatable bonds is 7. The molecular formula is C16H26N2O2. The third-order valence-corrected chi connectivity index (χ3v) is 3.69. The van der Waals surface area contributed by atoms with Gasteiger partial charge in [0.25, 0.3) is 0 Å². The Labute approximate surface area is 121 Å². The first kappa shape index (κ1) is 15.1. The Morgan fingerprint density at radius 1 is 1.15 bits per heavy atom. The molecule has 0 saturated carbocycles. The van der Waals surface area contributed by atoms with Gasteiger partial charge in [-0.05, 0) is 56.6 Å². The molecule has 1 aromatic carbocycles. The van der Waals surface area contributed by atoms with Gasteiger partial charge < -0.3 is 15.2 Å². The molecule has 2 rings (SSSR count). The summed E-state index contributed by atoms with van der Waals surface area (Å²) in [4.78, 5) is 2.51. The van der Waals surface area contributed by atoms with E-state index in [1.807, 2.05) is 6.07 Å². The van der Waals surface area contributed by atoms with Crippen molar-refractivity contribution in [2.75, 3.05) is 33.4 Å². The Hall–Kier alpha value is -1.26. The second kappa shape index (κ2) is 8.12. The summed E-state index contributed by atoms with van der Waals surface area (Å²) in [5, 5.41) is 0. The van der Waals surface area contributed by atoms with Gasteiger partial charge in [0.1, 0.15) is 0 Å². The van der Waals surface area contributed by atoms with Gasteiger partial charge in [0.15, 0.2) is 11.5 Å². The Morgan fingerprint density at radius 3 is 2.65 bits per heavy atom. The minimum atomic E-state index is 0.637. The highest BCUT2D eigenvalue weighted by Crippen LogP contribution is 2.29. The largest absolute Gasteiger partial charge is 0.493 e. The standard InChI is InChI=1S/C16H26N2O2/c1-19-16-12-14(13-18-9-3-2-4-10-18)6-7-15(16)20-11-5-8-17/h6-7,12H,2-5,8-11,13,17H2,1H3. The molecule has 0 radical (unpaired) electrons. The maximum Gasteiger partial charge on any atom is 0.161 e. The van der Waals surface area contributed by atoms with Crippen molar-refractivity contribution in [2.24, 2.45) is 5.73 Å². The number of nitrogens with zero attached hydrogens (tertiary/aromatic N) is 1. The molecule has 0 aromatic heterocycles. The van der Waals surface area contributed by atoms with Gasteiger partial charge in [-0.3, -0.25) is 4.90 Å². The fraction of sp³-hybridized carbons (Fsp3) is 0.625. The van der Waals surface area contributed by atoms with Crippen molar-refractivity contribution in [2.45, 2.75) is 32.2 Å². The van der Waals surface area contributed by atoms with E-state index >= 15 is 0 Å². The topological polar surface area (TPSA) is 47.7 Å². The summed E-state index contributed by atoms with van der Waals surface area (Å²) in [6, 6.07) is 6.23.